The molecule has 4 heteroatoms. The molecule has 2 N–H and O–H groups in total. The summed E-state index contributed by atoms with van der Waals surface area (Å²) in [6.45, 7) is 10.5. The van der Waals surface area contributed by atoms with Gasteiger partial charge in [0.2, 0.25) is 5.91 Å². The smallest absolute Gasteiger partial charge is 0.240 e. The lowest BCUT2D eigenvalue weighted by molar-refractivity contribution is -0.135. The molecular weight excluding hydrogens is 240 g/mol. The third kappa shape index (κ3) is 4.71. The average Bonchev–Trinajstić information content (AvgIpc) is 2.69. The Kier molecular flexibility index (Phi) is 5.60. The highest BCUT2D eigenvalue weighted by atomic mass is 16.3. The molecule has 0 saturated heterocycles. The molecule has 1 aromatic heterocycles. The molecule has 0 bridgehead atoms. The Morgan fingerprint density at radius 2 is 1.95 bits per heavy atom. The summed E-state index contributed by atoms with van der Waals surface area (Å²) in [6.07, 6.45) is 0.708. The van der Waals surface area contributed by atoms with Gasteiger partial charge < -0.3 is 15.1 Å². The highest BCUT2D eigenvalue weighted by molar-refractivity contribution is 5.81. The zero-order valence-electron chi connectivity index (χ0n) is 12.6. The van der Waals surface area contributed by atoms with Gasteiger partial charge >= 0.3 is 0 Å². The fraction of sp³-hybridized carbons (Fsp3) is 0.667. The van der Waals surface area contributed by atoms with Crippen molar-refractivity contribution in [2.24, 2.45) is 11.7 Å². The van der Waals surface area contributed by atoms with Gasteiger partial charge in [-0.15, -0.1) is 0 Å². The SMILES string of the molecule is Cc1ccc(CN(C(=O)[C@@H](N)CC(C)C)C(C)C)o1. The molecule has 1 heterocycles. The minimum absolute atomic E-state index is 0.00208. The maximum absolute atomic E-state index is 12.4. The number of nitrogens with two attached hydrogens (primary N) is 1. The van der Waals surface area contributed by atoms with E-state index >= 15 is 0 Å². The van der Waals surface area contributed by atoms with Gasteiger partial charge in [0.1, 0.15) is 11.5 Å². The van der Waals surface area contributed by atoms with E-state index in [4.69, 9.17) is 10.2 Å². The summed E-state index contributed by atoms with van der Waals surface area (Å²) in [7, 11) is 0. The van der Waals surface area contributed by atoms with Crippen molar-refractivity contribution in [1.82, 2.24) is 4.90 Å². The summed E-state index contributed by atoms with van der Waals surface area (Å²) in [5.41, 5.74) is 5.99. The predicted octanol–water partition coefficient (Wildman–Crippen LogP) is 2.70. The number of nitrogens with zero attached hydrogens (tertiary/aromatic N) is 1. The molecule has 4 nitrogen and oxygen atoms in total. The Morgan fingerprint density at radius 1 is 1.32 bits per heavy atom. The van der Waals surface area contributed by atoms with Crippen LogP contribution in [0.5, 0.6) is 0 Å². The maximum atomic E-state index is 12.4. The number of aryl methyl sites for hydroxylation is 1. The first-order valence-electron chi connectivity index (χ1n) is 6.92. The minimum atomic E-state index is -0.432. The van der Waals surface area contributed by atoms with Gasteiger partial charge in [0, 0.05) is 6.04 Å². The first kappa shape index (κ1) is 15.8. The van der Waals surface area contributed by atoms with Crippen LogP contribution in [0.25, 0.3) is 0 Å². The topological polar surface area (TPSA) is 59.5 Å². The van der Waals surface area contributed by atoms with Gasteiger partial charge in [-0.3, -0.25) is 4.79 Å². The fourth-order valence-electron chi connectivity index (χ4n) is 2.07. The molecule has 19 heavy (non-hydrogen) atoms. The van der Waals surface area contributed by atoms with E-state index in [0.717, 1.165) is 11.5 Å². The van der Waals surface area contributed by atoms with Crippen molar-refractivity contribution in [3.05, 3.63) is 23.7 Å². The molecule has 108 valence electrons. The van der Waals surface area contributed by atoms with E-state index < -0.39 is 6.04 Å². The molecule has 1 aromatic rings. The molecule has 1 amide bonds. The molecule has 1 atom stereocenters. The molecular formula is C15H26N2O2. The van der Waals surface area contributed by atoms with Crippen molar-refractivity contribution in [1.29, 1.82) is 0 Å². The third-order valence-corrected chi connectivity index (χ3v) is 3.07. The van der Waals surface area contributed by atoms with Gasteiger partial charge in [-0.1, -0.05) is 13.8 Å². The monoisotopic (exact) mass is 266 g/mol. The van der Waals surface area contributed by atoms with Crippen LogP contribution in [0, 0.1) is 12.8 Å². The summed E-state index contributed by atoms with van der Waals surface area (Å²) in [6, 6.07) is 3.49. The van der Waals surface area contributed by atoms with Crippen molar-refractivity contribution in [3.8, 4) is 0 Å². The second-order valence-corrected chi connectivity index (χ2v) is 5.81. The highest BCUT2D eigenvalue weighted by Gasteiger charge is 2.24. The van der Waals surface area contributed by atoms with Gasteiger partial charge in [0.05, 0.1) is 12.6 Å². The molecule has 0 unspecified atom stereocenters. The standard InChI is InChI=1S/C15H26N2O2/c1-10(2)8-14(16)15(18)17(11(3)4)9-13-7-6-12(5)19-13/h6-7,10-11,14H,8-9,16H2,1-5H3/t14-/m0/s1. The van der Waals surface area contributed by atoms with Crippen molar-refractivity contribution < 1.29 is 9.21 Å². The Labute approximate surface area is 116 Å². The number of carbonyl (C=O) groups excluding carboxylic acids is 1. The quantitative estimate of drug-likeness (QED) is 0.861. The number of rotatable bonds is 6. The molecule has 0 fully saturated rings. The Balaban J connectivity index is 2.74. The van der Waals surface area contributed by atoms with Gasteiger partial charge in [0.25, 0.3) is 0 Å². The van der Waals surface area contributed by atoms with Crippen molar-refractivity contribution >= 4 is 5.91 Å². The number of carbonyl (C=O) groups is 1. The van der Waals surface area contributed by atoms with Crippen LogP contribution in [-0.4, -0.2) is 22.9 Å². The van der Waals surface area contributed by atoms with E-state index in [9.17, 15) is 4.79 Å². The third-order valence-electron chi connectivity index (χ3n) is 3.07. The minimum Gasteiger partial charge on any atom is -0.464 e. The second kappa shape index (κ2) is 6.75. The van der Waals surface area contributed by atoms with Crippen LogP contribution in [0.3, 0.4) is 0 Å². The summed E-state index contributed by atoms with van der Waals surface area (Å²) in [5, 5.41) is 0. The number of hydrogen-bond donors (Lipinski definition) is 1. The van der Waals surface area contributed by atoms with E-state index in [1.54, 1.807) is 4.90 Å². The molecule has 0 saturated carbocycles. The van der Waals surface area contributed by atoms with Crippen LogP contribution in [0.2, 0.25) is 0 Å². The van der Waals surface area contributed by atoms with Crippen LogP contribution < -0.4 is 5.73 Å². The zero-order valence-corrected chi connectivity index (χ0v) is 12.6. The van der Waals surface area contributed by atoms with Crippen LogP contribution in [-0.2, 0) is 11.3 Å². The molecule has 1 rings (SSSR count). The second-order valence-electron chi connectivity index (χ2n) is 5.81. The molecule has 0 aliphatic rings. The van der Waals surface area contributed by atoms with Crippen LogP contribution in [0.1, 0.15) is 45.6 Å². The Bertz CT molecular complexity index is 410. The van der Waals surface area contributed by atoms with E-state index in [1.807, 2.05) is 32.9 Å². The number of furan rings is 1. The van der Waals surface area contributed by atoms with Crippen molar-refractivity contribution in [3.63, 3.8) is 0 Å². The largest absolute Gasteiger partial charge is 0.464 e. The van der Waals surface area contributed by atoms with Crippen LogP contribution >= 0.6 is 0 Å². The highest BCUT2D eigenvalue weighted by Crippen LogP contribution is 2.14. The van der Waals surface area contributed by atoms with Crippen LogP contribution in [0.4, 0.5) is 0 Å². The van der Waals surface area contributed by atoms with E-state index in [0.29, 0.717) is 18.9 Å². The summed E-state index contributed by atoms with van der Waals surface area (Å²) in [5.74, 6) is 2.07. The van der Waals surface area contributed by atoms with Gasteiger partial charge in [-0.2, -0.15) is 0 Å². The fourth-order valence-corrected chi connectivity index (χ4v) is 2.07. The lowest BCUT2D eigenvalue weighted by atomic mass is 10.0. The first-order chi connectivity index (χ1) is 8.81. The molecule has 0 aliphatic carbocycles. The number of hydrogen-bond acceptors (Lipinski definition) is 3. The van der Waals surface area contributed by atoms with Gasteiger partial charge in [-0.05, 0) is 45.2 Å². The van der Waals surface area contributed by atoms with Crippen LogP contribution in [0.15, 0.2) is 16.5 Å². The van der Waals surface area contributed by atoms with Crippen molar-refractivity contribution in [2.45, 2.75) is 59.7 Å². The summed E-state index contributed by atoms with van der Waals surface area (Å²) in [4.78, 5) is 14.2. The Hall–Kier alpha value is -1.29. The average molecular weight is 266 g/mol. The normalized spacial score (nSPS) is 13.1. The maximum Gasteiger partial charge on any atom is 0.240 e. The van der Waals surface area contributed by atoms with E-state index in [1.165, 1.54) is 0 Å². The van der Waals surface area contributed by atoms with E-state index in [-0.39, 0.29) is 11.9 Å². The van der Waals surface area contributed by atoms with E-state index in [2.05, 4.69) is 13.8 Å². The van der Waals surface area contributed by atoms with Gasteiger partial charge in [-0.25, -0.2) is 0 Å². The predicted molar refractivity (Wildman–Crippen MR) is 76.6 cm³/mol. The first-order valence-corrected chi connectivity index (χ1v) is 6.92. The number of amides is 1. The molecule has 0 spiro atoms. The van der Waals surface area contributed by atoms with Crippen molar-refractivity contribution in [2.75, 3.05) is 0 Å². The molecule has 0 aromatic carbocycles. The lowest BCUT2D eigenvalue weighted by Gasteiger charge is -2.29. The molecule has 0 aliphatic heterocycles. The zero-order chi connectivity index (χ0) is 14.6. The molecule has 0 radical (unpaired) electrons. The summed E-state index contributed by atoms with van der Waals surface area (Å²) >= 11 is 0. The Morgan fingerprint density at radius 3 is 2.37 bits per heavy atom. The summed E-state index contributed by atoms with van der Waals surface area (Å²) < 4.78 is 5.54. The van der Waals surface area contributed by atoms with Gasteiger partial charge in [0.15, 0.2) is 0 Å². The lowest BCUT2D eigenvalue weighted by Crippen LogP contribution is -2.46.